The van der Waals surface area contributed by atoms with Crippen LogP contribution in [0.4, 0.5) is 0 Å². The summed E-state index contributed by atoms with van der Waals surface area (Å²) in [4.78, 5) is 42.7. The van der Waals surface area contributed by atoms with E-state index >= 15 is 0 Å². The second kappa shape index (κ2) is 9.89. The number of hydrogen-bond acceptors (Lipinski definition) is 7. The van der Waals surface area contributed by atoms with E-state index in [4.69, 9.17) is 14.5 Å². The Morgan fingerprint density at radius 3 is 1.92 bits per heavy atom. The van der Waals surface area contributed by atoms with Crippen molar-refractivity contribution in [2.24, 2.45) is 5.41 Å². The predicted molar refractivity (Wildman–Crippen MR) is 148 cm³/mol. The quantitative estimate of drug-likeness (QED) is 0.150. The van der Waals surface area contributed by atoms with E-state index in [0.717, 1.165) is 16.0 Å². The number of esters is 1. The van der Waals surface area contributed by atoms with Gasteiger partial charge in [-0.25, -0.2) is 9.68 Å². The molecule has 6 rings (SSSR count). The van der Waals surface area contributed by atoms with Crippen LogP contribution in [-0.4, -0.2) is 39.3 Å². The highest BCUT2D eigenvalue weighted by molar-refractivity contribution is 7.99. The fraction of sp³-hybridized carbons (Fsp3) is 0.375. The molecular formula is C32H33NO5S. The molecule has 2 aliphatic heterocycles. The Morgan fingerprint density at radius 1 is 0.769 bits per heavy atom. The van der Waals surface area contributed by atoms with Crippen molar-refractivity contribution in [3.05, 3.63) is 102 Å². The molecule has 202 valence electrons. The van der Waals surface area contributed by atoms with E-state index in [-0.39, 0.29) is 6.42 Å². The second-order valence-electron chi connectivity index (χ2n) is 11.3. The third-order valence-corrected chi connectivity index (χ3v) is 10.3. The standard InChI is InChI=1S/C32H33NO5S/c1-29(33(20-24-12-6-3-7-13-24)21-25-14-8-4-9-15-25)18-19-31-22-32(29,36-28(35)27(31)34)38-37-30(31,2)23-39-26-16-10-5-11-17-26/h3-17H,18-23H2,1-2H3/t29-,30+,31+,32-/m1/s1. The molecule has 2 heterocycles. The van der Waals surface area contributed by atoms with Crippen LogP contribution in [0.5, 0.6) is 0 Å². The van der Waals surface area contributed by atoms with Crippen LogP contribution in [0.1, 0.15) is 44.2 Å². The molecule has 0 spiro atoms. The molecule has 3 fully saturated rings. The van der Waals surface area contributed by atoms with Crippen molar-refractivity contribution in [3.8, 4) is 0 Å². The van der Waals surface area contributed by atoms with E-state index in [0.29, 0.717) is 31.7 Å². The minimum Gasteiger partial charge on any atom is -0.422 e. The number of benzene rings is 3. The second-order valence-corrected chi connectivity index (χ2v) is 12.4. The van der Waals surface area contributed by atoms with Gasteiger partial charge in [0.25, 0.3) is 5.79 Å². The van der Waals surface area contributed by atoms with Gasteiger partial charge < -0.3 is 4.74 Å². The first-order valence-corrected chi connectivity index (χ1v) is 14.4. The molecule has 2 bridgehead atoms. The zero-order valence-electron chi connectivity index (χ0n) is 22.3. The number of hydrogen-bond donors (Lipinski definition) is 0. The topological polar surface area (TPSA) is 65.1 Å². The number of carbonyl (C=O) groups excluding carboxylic acids is 2. The highest BCUT2D eigenvalue weighted by Crippen LogP contribution is 2.64. The molecule has 0 radical (unpaired) electrons. The van der Waals surface area contributed by atoms with Crippen LogP contribution in [0, 0.1) is 5.41 Å². The lowest BCUT2D eigenvalue weighted by Gasteiger charge is -2.66. The molecule has 39 heavy (non-hydrogen) atoms. The normalized spacial score (nSPS) is 31.7. The van der Waals surface area contributed by atoms with Gasteiger partial charge in [-0.05, 0) is 49.9 Å². The number of Topliss-reactive ketones (excluding diaryl/α,β-unsaturated/α-hetero) is 1. The zero-order chi connectivity index (χ0) is 27.1. The molecular weight excluding hydrogens is 510 g/mol. The Hall–Kier alpha value is -2.97. The lowest BCUT2D eigenvalue weighted by molar-refractivity contribution is -0.531. The van der Waals surface area contributed by atoms with E-state index in [1.165, 1.54) is 0 Å². The molecule has 3 aliphatic rings. The summed E-state index contributed by atoms with van der Waals surface area (Å²) in [6.45, 7) is 5.22. The van der Waals surface area contributed by atoms with Gasteiger partial charge in [0.05, 0.1) is 11.0 Å². The number of rotatable bonds is 8. The number of ketones is 1. The maximum Gasteiger partial charge on any atom is 0.377 e. The number of ether oxygens (including phenoxy) is 1. The summed E-state index contributed by atoms with van der Waals surface area (Å²) in [6.07, 6.45) is 1.39. The van der Waals surface area contributed by atoms with E-state index in [1.54, 1.807) is 11.8 Å². The minimum atomic E-state index is -1.41. The van der Waals surface area contributed by atoms with Gasteiger partial charge in [-0.15, -0.1) is 11.8 Å². The van der Waals surface area contributed by atoms with Crippen molar-refractivity contribution in [1.29, 1.82) is 0 Å². The van der Waals surface area contributed by atoms with Gasteiger partial charge >= 0.3 is 5.97 Å². The first-order valence-electron chi connectivity index (χ1n) is 13.4. The van der Waals surface area contributed by atoms with Crippen LogP contribution in [-0.2, 0) is 37.2 Å². The Labute approximate surface area is 233 Å². The summed E-state index contributed by atoms with van der Waals surface area (Å²) >= 11 is 1.60. The fourth-order valence-electron chi connectivity index (χ4n) is 6.43. The third-order valence-electron chi connectivity index (χ3n) is 9.03. The van der Waals surface area contributed by atoms with Crippen LogP contribution < -0.4 is 0 Å². The highest BCUT2D eigenvalue weighted by atomic mass is 32.2. The van der Waals surface area contributed by atoms with Gasteiger partial charge in [0, 0.05) is 30.2 Å². The Morgan fingerprint density at radius 2 is 1.33 bits per heavy atom. The Bertz CT molecular complexity index is 1310. The average molecular weight is 544 g/mol. The summed E-state index contributed by atoms with van der Waals surface area (Å²) in [5.74, 6) is -2.26. The monoisotopic (exact) mass is 543 g/mol. The van der Waals surface area contributed by atoms with Gasteiger partial charge in [-0.3, -0.25) is 9.69 Å². The minimum absolute atomic E-state index is 0.271. The van der Waals surface area contributed by atoms with Crippen molar-refractivity contribution < 1.29 is 24.1 Å². The SMILES string of the molecule is C[C@@]1(N(Cc2ccccc2)Cc2ccccc2)CC[C@@]23C[C@]1(OO[C@@]2(C)CSc1ccccc1)OC(=O)C3=O. The van der Waals surface area contributed by atoms with E-state index in [9.17, 15) is 9.59 Å². The zero-order valence-corrected chi connectivity index (χ0v) is 23.1. The molecule has 0 aromatic heterocycles. The van der Waals surface area contributed by atoms with Crippen molar-refractivity contribution in [2.75, 3.05) is 5.75 Å². The molecule has 1 aliphatic carbocycles. The van der Waals surface area contributed by atoms with E-state index in [2.05, 4.69) is 36.1 Å². The molecule has 0 unspecified atom stereocenters. The van der Waals surface area contributed by atoms with Crippen molar-refractivity contribution in [3.63, 3.8) is 0 Å². The molecule has 7 heteroatoms. The lowest BCUT2D eigenvalue weighted by Crippen LogP contribution is -2.79. The third kappa shape index (κ3) is 4.32. The van der Waals surface area contributed by atoms with E-state index < -0.39 is 34.1 Å². The molecule has 0 N–H and O–H groups in total. The summed E-state index contributed by atoms with van der Waals surface area (Å²) in [5, 5.41) is 0. The molecule has 0 amide bonds. The first kappa shape index (κ1) is 26.3. The van der Waals surface area contributed by atoms with Crippen molar-refractivity contribution in [2.45, 2.75) is 68.0 Å². The van der Waals surface area contributed by atoms with E-state index in [1.807, 2.05) is 73.7 Å². The molecule has 4 atom stereocenters. The number of nitrogens with zero attached hydrogens (tertiary/aromatic N) is 1. The maximum absolute atomic E-state index is 13.6. The summed E-state index contributed by atoms with van der Waals surface area (Å²) < 4.78 is 5.97. The average Bonchev–Trinajstić information content (AvgIpc) is 2.96. The van der Waals surface area contributed by atoms with Gasteiger partial charge in [-0.1, -0.05) is 78.9 Å². The van der Waals surface area contributed by atoms with Crippen LogP contribution in [0.2, 0.25) is 0 Å². The maximum atomic E-state index is 13.6. The van der Waals surface area contributed by atoms with Gasteiger partial charge in [-0.2, -0.15) is 4.89 Å². The van der Waals surface area contributed by atoms with Gasteiger partial charge in [0.15, 0.2) is 0 Å². The van der Waals surface area contributed by atoms with Crippen LogP contribution >= 0.6 is 11.8 Å². The smallest absolute Gasteiger partial charge is 0.377 e. The Balaban J connectivity index is 1.36. The molecule has 6 nitrogen and oxygen atoms in total. The lowest BCUT2D eigenvalue weighted by atomic mass is 9.54. The van der Waals surface area contributed by atoms with Crippen LogP contribution in [0.15, 0.2) is 95.9 Å². The molecule has 1 saturated carbocycles. The van der Waals surface area contributed by atoms with Gasteiger partial charge in [0.1, 0.15) is 5.60 Å². The summed E-state index contributed by atoms with van der Waals surface area (Å²) in [5.41, 5.74) is -0.471. The van der Waals surface area contributed by atoms with Gasteiger partial charge in [0.2, 0.25) is 5.78 Å². The predicted octanol–water partition coefficient (Wildman–Crippen LogP) is 5.95. The number of carbonyl (C=O) groups is 2. The molecule has 3 aromatic rings. The fourth-order valence-corrected chi connectivity index (χ4v) is 7.55. The first-order chi connectivity index (χ1) is 18.8. The van der Waals surface area contributed by atoms with Crippen LogP contribution in [0.25, 0.3) is 0 Å². The summed E-state index contributed by atoms with van der Waals surface area (Å²) in [6, 6.07) is 30.5. The van der Waals surface area contributed by atoms with Crippen molar-refractivity contribution >= 4 is 23.5 Å². The largest absolute Gasteiger partial charge is 0.422 e. The summed E-state index contributed by atoms with van der Waals surface area (Å²) in [7, 11) is 0. The van der Waals surface area contributed by atoms with Crippen LogP contribution in [0.3, 0.4) is 0 Å². The molecule has 3 aromatic carbocycles. The molecule has 2 saturated heterocycles. The Kier molecular flexibility index (Phi) is 6.66. The number of thioether (sulfide) groups is 1. The highest BCUT2D eigenvalue weighted by Gasteiger charge is 2.77. The van der Waals surface area contributed by atoms with Crippen molar-refractivity contribution in [1.82, 2.24) is 4.90 Å².